The summed E-state index contributed by atoms with van der Waals surface area (Å²) < 4.78 is 28.7. The molecule has 0 amide bonds. The minimum atomic E-state index is -3.72. The number of hydrogen-bond acceptors (Lipinski definition) is 7. The molecule has 1 saturated carbocycles. The first kappa shape index (κ1) is 18.9. The lowest BCUT2D eigenvalue weighted by Crippen LogP contribution is -2.13. The number of benzene rings is 1. The Morgan fingerprint density at radius 3 is 2.50 bits per heavy atom. The van der Waals surface area contributed by atoms with Crippen molar-refractivity contribution in [2.45, 2.75) is 36.8 Å². The summed E-state index contributed by atoms with van der Waals surface area (Å²) in [6.07, 6.45) is 2.12. The van der Waals surface area contributed by atoms with Crippen LogP contribution in [0.25, 0.3) is 11.0 Å². The zero-order valence-electron chi connectivity index (χ0n) is 15.0. The zero-order valence-corrected chi connectivity index (χ0v) is 16.5. The number of sulfonamides is 1. The first-order valence-corrected chi connectivity index (χ1v) is 10.6. The molecule has 0 saturated heterocycles. The van der Waals surface area contributed by atoms with Gasteiger partial charge in [-0.25, -0.2) is 23.5 Å². The number of hydrogen-bond donors (Lipinski definition) is 2. The summed E-state index contributed by atoms with van der Waals surface area (Å²) in [5, 5.41) is 8.70. The second kappa shape index (κ2) is 7.16. The van der Waals surface area contributed by atoms with Gasteiger partial charge in [-0.05, 0) is 49.6 Å². The van der Waals surface area contributed by atoms with Crippen molar-refractivity contribution in [2.75, 3.05) is 5.32 Å². The van der Waals surface area contributed by atoms with E-state index in [-0.39, 0.29) is 17.0 Å². The Kier molecular flexibility index (Phi) is 4.82. The molecule has 2 aromatic heterocycles. The first-order chi connectivity index (χ1) is 13.3. The molecule has 1 aromatic carbocycles. The van der Waals surface area contributed by atoms with Crippen LogP contribution in [0.3, 0.4) is 0 Å². The highest BCUT2D eigenvalue weighted by Gasteiger charge is 2.26. The van der Waals surface area contributed by atoms with Crippen molar-refractivity contribution in [2.24, 2.45) is 5.14 Å². The van der Waals surface area contributed by atoms with Crippen LogP contribution in [0.5, 0.6) is 5.88 Å². The number of pyridine rings is 1. The second-order valence-electron chi connectivity index (χ2n) is 6.65. The van der Waals surface area contributed by atoms with Crippen molar-refractivity contribution < 1.29 is 13.2 Å². The van der Waals surface area contributed by atoms with Crippen LogP contribution in [0, 0.1) is 0 Å². The molecule has 1 fully saturated rings. The predicted octanol–water partition coefficient (Wildman–Crippen LogP) is 3.04. The number of nitrogens with one attached hydrogen (secondary N) is 1. The summed E-state index contributed by atoms with van der Waals surface area (Å²) in [7, 11) is -3.72. The summed E-state index contributed by atoms with van der Waals surface area (Å²) in [6.45, 7) is 1.92. The quantitative estimate of drug-likeness (QED) is 0.589. The van der Waals surface area contributed by atoms with Gasteiger partial charge in [-0.2, -0.15) is 4.98 Å². The molecule has 0 bridgehead atoms. The number of nitrogens with zero attached hydrogens (tertiary/aromatic N) is 3. The van der Waals surface area contributed by atoms with E-state index in [2.05, 4.69) is 20.3 Å². The summed E-state index contributed by atoms with van der Waals surface area (Å²) in [5.41, 5.74) is 2.00. The fraction of sp³-hybridized carbons (Fsp3) is 0.278. The fourth-order valence-corrected chi connectivity index (χ4v) is 3.34. The molecule has 1 aliphatic carbocycles. The Labute approximate surface area is 167 Å². The summed E-state index contributed by atoms with van der Waals surface area (Å²) in [5.74, 6) is 0.782. The Morgan fingerprint density at radius 2 is 1.86 bits per heavy atom. The highest BCUT2D eigenvalue weighted by Crippen LogP contribution is 2.31. The second-order valence-corrected chi connectivity index (χ2v) is 8.60. The molecule has 146 valence electrons. The highest BCUT2D eigenvalue weighted by molar-refractivity contribution is 7.89. The zero-order chi connectivity index (χ0) is 19.9. The molecule has 0 spiro atoms. The number of anilines is 1. The van der Waals surface area contributed by atoms with Crippen molar-refractivity contribution in [3.8, 4) is 5.88 Å². The van der Waals surface area contributed by atoms with Gasteiger partial charge in [0.1, 0.15) is 11.3 Å². The van der Waals surface area contributed by atoms with Crippen LogP contribution in [-0.4, -0.2) is 29.5 Å². The van der Waals surface area contributed by atoms with Crippen LogP contribution in [0.15, 0.2) is 41.3 Å². The van der Waals surface area contributed by atoms with Crippen molar-refractivity contribution in [1.29, 1.82) is 0 Å². The summed E-state index contributed by atoms with van der Waals surface area (Å²) in [4.78, 5) is 13.3. The third kappa shape index (κ3) is 4.16. The molecule has 10 heteroatoms. The van der Waals surface area contributed by atoms with Gasteiger partial charge in [-0.15, -0.1) is 0 Å². The van der Waals surface area contributed by atoms with Gasteiger partial charge in [0.15, 0.2) is 5.52 Å². The average molecular weight is 420 g/mol. The SMILES string of the molecule is C[C@@H](Nc1nc(OC2CC2)c2nc(Cl)ccc2n1)c1ccc(S(N)(=O)=O)cc1. The maximum absolute atomic E-state index is 11.4. The first-order valence-electron chi connectivity index (χ1n) is 8.70. The molecular weight excluding hydrogens is 402 g/mol. The van der Waals surface area contributed by atoms with Gasteiger partial charge in [0, 0.05) is 0 Å². The van der Waals surface area contributed by atoms with Crippen molar-refractivity contribution in [3.05, 3.63) is 47.1 Å². The van der Waals surface area contributed by atoms with Crippen LogP contribution in [0.4, 0.5) is 5.95 Å². The Hall–Kier alpha value is -2.49. The van der Waals surface area contributed by atoms with E-state index in [9.17, 15) is 8.42 Å². The monoisotopic (exact) mass is 419 g/mol. The van der Waals surface area contributed by atoms with Gasteiger partial charge in [0.05, 0.1) is 16.5 Å². The lowest BCUT2D eigenvalue weighted by molar-refractivity contribution is 0.294. The average Bonchev–Trinajstić information content (AvgIpc) is 3.46. The van der Waals surface area contributed by atoms with E-state index < -0.39 is 10.0 Å². The smallest absolute Gasteiger partial charge is 0.245 e. The number of halogens is 1. The largest absolute Gasteiger partial charge is 0.473 e. The van der Waals surface area contributed by atoms with E-state index >= 15 is 0 Å². The maximum atomic E-state index is 11.4. The van der Waals surface area contributed by atoms with Crippen LogP contribution in [0.1, 0.15) is 31.4 Å². The molecule has 1 atom stereocenters. The van der Waals surface area contributed by atoms with E-state index in [0.717, 1.165) is 18.4 Å². The standard InChI is InChI=1S/C18H18ClN5O3S/c1-10(11-2-6-13(7-3-11)28(20,25)26)21-18-22-14-8-9-15(19)23-16(14)17(24-18)27-12-4-5-12/h2-3,6-10,12H,4-5H2,1H3,(H2,20,25,26)(H,21,22,24)/t10-/m1/s1. The molecule has 1 aliphatic rings. The van der Waals surface area contributed by atoms with Crippen LogP contribution >= 0.6 is 11.6 Å². The van der Waals surface area contributed by atoms with Crippen LogP contribution in [0.2, 0.25) is 5.15 Å². The van der Waals surface area contributed by atoms with E-state index in [1.807, 2.05) is 6.92 Å². The molecule has 3 aromatic rings. The van der Waals surface area contributed by atoms with E-state index in [4.69, 9.17) is 21.5 Å². The third-order valence-corrected chi connectivity index (χ3v) is 5.47. The molecular formula is C18H18ClN5O3S. The van der Waals surface area contributed by atoms with Gasteiger partial charge in [-0.3, -0.25) is 0 Å². The van der Waals surface area contributed by atoms with Crippen molar-refractivity contribution >= 4 is 38.6 Å². The Bertz CT molecular complexity index is 1130. The predicted molar refractivity (Wildman–Crippen MR) is 106 cm³/mol. The summed E-state index contributed by atoms with van der Waals surface area (Å²) >= 11 is 6.00. The van der Waals surface area contributed by atoms with Gasteiger partial charge < -0.3 is 10.1 Å². The van der Waals surface area contributed by atoms with E-state index in [0.29, 0.717) is 28.0 Å². The molecule has 0 radical (unpaired) electrons. The molecule has 2 heterocycles. The third-order valence-electron chi connectivity index (χ3n) is 4.33. The number of primary sulfonamides is 1. The Balaban J connectivity index is 1.62. The van der Waals surface area contributed by atoms with Gasteiger partial charge in [0.25, 0.3) is 0 Å². The van der Waals surface area contributed by atoms with Gasteiger partial charge in [-0.1, -0.05) is 23.7 Å². The number of aromatic nitrogens is 3. The molecule has 28 heavy (non-hydrogen) atoms. The number of rotatable bonds is 6. The van der Waals surface area contributed by atoms with E-state index in [1.165, 1.54) is 12.1 Å². The molecule has 8 nitrogen and oxygen atoms in total. The normalized spacial score (nSPS) is 15.4. The van der Waals surface area contributed by atoms with Crippen LogP contribution in [-0.2, 0) is 10.0 Å². The maximum Gasteiger partial charge on any atom is 0.245 e. The van der Waals surface area contributed by atoms with Crippen LogP contribution < -0.4 is 15.2 Å². The number of nitrogens with two attached hydrogens (primary N) is 1. The minimum Gasteiger partial charge on any atom is -0.473 e. The molecule has 0 aliphatic heterocycles. The van der Waals surface area contributed by atoms with Gasteiger partial charge in [0.2, 0.25) is 21.9 Å². The molecule has 0 unspecified atom stereocenters. The number of ether oxygens (including phenoxy) is 1. The molecule has 4 rings (SSSR count). The lowest BCUT2D eigenvalue weighted by atomic mass is 10.1. The van der Waals surface area contributed by atoms with Gasteiger partial charge >= 0.3 is 0 Å². The van der Waals surface area contributed by atoms with Crippen molar-refractivity contribution in [1.82, 2.24) is 15.0 Å². The highest BCUT2D eigenvalue weighted by atomic mass is 35.5. The molecule has 3 N–H and O–H groups in total. The topological polar surface area (TPSA) is 120 Å². The lowest BCUT2D eigenvalue weighted by Gasteiger charge is -2.16. The summed E-state index contributed by atoms with van der Waals surface area (Å²) in [6, 6.07) is 9.58. The Morgan fingerprint density at radius 1 is 1.14 bits per heavy atom. The fourth-order valence-electron chi connectivity index (χ4n) is 2.68. The van der Waals surface area contributed by atoms with E-state index in [1.54, 1.807) is 24.3 Å². The minimum absolute atomic E-state index is 0.0634. The number of fused-ring (bicyclic) bond motifs is 1. The van der Waals surface area contributed by atoms with Crippen molar-refractivity contribution in [3.63, 3.8) is 0 Å².